The number of carbonyl (C=O) groups excluding carboxylic acids is 1. The van der Waals surface area contributed by atoms with Gasteiger partial charge >= 0.3 is 0 Å². The summed E-state index contributed by atoms with van der Waals surface area (Å²) in [5, 5.41) is 0.661. The van der Waals surface area contributed by atoms with Crippen LogP contribution in [0.5, 0.6) is 0 Å². The molecule has 6 heteroatoms. The van der Waals surface area contributed by atoms with Gasteiger partial charge in [-0.05, 0) is 36.8 Å². The number of amides is 1. The molecule has 136 valence electrons. The normalized spacial score (nSPS) is 24.8. The SMILES string of the molecule is CC(=O)N1C[C@H]2CN(c3ccc(Cl)c(C)n3)C[C@H]2[C@@H]1c1cccc(F)c1. The van der Waals surface area contributed by atoms with Gasteiger partial charge in [0.15, 0.2) is 0 Å². The highest BCUT2D eigenvalue weighted by Gasteiger charge is 2.48. The van der Waals surface area contributed by atoms with Crippen molar-refractivity contribution in [1.82, 2.24) is 9.88 Å². The van der Waals surface area contributed by atoms with E-state index < -0.39 is 0 Å². The molecule has 1 aromatic carbocycles. The van der Waals surface area contributed by atoms with E-state index in [1.54, 1.807) is 19.1 Å². The van der Waals surface area contributed by atoms with Gasteiger partial charge in [0.1, 0.15) is 11.6 Å². The molecule has 2 aliphatic heterocycles. The summed E-state index contributed by atoms with van der Waals surface area (Å²) in [5.74, 6) is 1.30. The van der Waals surface area contributed by atoms with Gasteiger partial charge in [0.2, 0.25) is 5.91 Å². The molecule has 1 aromatic heterocycles. The molecule has 0 bridgehead atoms. The summed E-state index contributed by atoms with van der Waals surface area (Å²) >= 11 is 6.09. The highest BCUT2D eigenvalue weighted by molar-refractivity contribution is 6.31. The lowest BCUT2D eigenvalue weighted by Gasteiger charge is -2.29. The third kappa shape index (κ3) is 2.94. The molecular weight excluding hydrogens is 353 g/mol. The Morgan fingerprint density at radius 1 is 1.23 bits per heavy atom. The Morgan fingerprint density at radius 3 is 2.73 bits per heavy atom. The first-order chi connectivity index (χ1) is 12.4. The van der Waals surface area contributed by atoms with Crippen LogP contribution in [0, 0.1) is 24.6 Å². The van der Waals surface area contributed by atoms with E-state index in [2.05, 4.69) is 9.88 Å². The van der Waals surface area contributed by atoms with E-state index in [-0.39, 0.29) is 23.7 Å². The number of aromatic nitrogens is 1. The number of hydrogen-bond acceptors (Lipinski definition) is 3. The van der Waals surface area contributed by atoms with Gasteiger partial charge in [-0.3, -0.25) is 4.79 Å². The molecule has 2 fully saturated rings. The van der Waals surface area contributed by atoms with Gasteiger partial charge in [-0.1, -0.05) is 23.7 Å². The lowest BCUT2D eigenvalue weighted by molar-refractivity contribution is -0.130. The van der Waals surface area contributed by atoms with Gasteiger partial charge in [-0.25, -0.2) is 9.37 Å². The second-order valence-corrected chi connectivity index (χ2v) is 7.64. The van der Waals surface area contributed by atoms with Crippen LogP contribution in [0.25, 0.3) is 0 Å². The number of aryl methyl sites for hydroxylation is 1. The number of rotatable bonds is 2. The van der Waals surface area contributed by atoms with Crippen molar-refractivity contribution in [3.63, 3.8) is 0 Å². The Balaban J connectivity index is 1.64. The standard InChI is InChI=1S/C20H21ClFN3O/c1-12-18(21)6-7-19(23-12)24-9-15-10-25(13(2)26)20(17(15)11-24)14-4-3-5-16(22)8-14/h3-8,15,17,20H,9-11H2,1-2H3/t15-,17-,20+/m1/s1. The largest absolute Gasteiger partial charge is 0.356 e. The van der Waals surface area contributed by atoms with Crippen molar-refractivity contribution < 1.29 is 9.18 Å². The molecule has 0 aliphatic carbocycles. The van der Waals surface area contributed by atoms with E-state index >= 15 is 0 Å². The van der Waals surface area contributed by atoms with Crippen molar-refractivity contribution >= 4 is 23.3 Å². The summed E-state index contributed by atoms with van der Waals surface area (Å²) in [6.07, 6.45) is 0. The Morgan fingerprint density at radius 2 is 2.04 bits per heavy atom. The molecule has 0 unspecified atom stereocenters. The fourth-order valence-corrected chi connectivity index (χ4v) is 4.49. The summed E-state index contributed by atoms with van der Waals surface area (Å²) in [5.41, 5.74) is 1.68. The molecular formula is C20H21ClFN3O. The van der Waals surface area contributed by atoms with Gasteiger partial charge in [0.25, 0.3) is 0 Å². The maximum Gasteiger partial charge on any atom is 0.219 e. The second-order valence-electron chi connectivity index (χ2n) is 7.24. The summed E-state index contributed by atoms with van der Waals surface area (Å²) in [7, 11) is 0. The van der Waals surface area contributed by atoms with Crippen molar-refractivity contribution in [3.8, 4) is 0 Å². The highest BCUT2D eigenvalue weighted by Crippen LogP contribution is 2.45. The molecule has 4 rings (SSSR count). The molecule has 0 spiro atoms. The lowest BCUT2D eigenvalue weighted by Crippen LogP contribution is -2.34. The molecule has 4 nitrogen and oxygen atoms in total. The molecule has 0 saturated carbocycles. The first-order valence-electron chi connectivity index (χ1n) is 8.85. The number of carbonyl (C=O) groups is 1. The quantitative estimate of drug-likeness (QED) is 0.802. The fourth-order valence-electron chi connectivity index (χ4n) is 4.38. The van der Waals surface area contributed by atoms with Crippen LogP contribution in [0.4, 0.5) is 10.2 Å². The zero-order valence-electron chi connectivity index (χ0n) is 14.8. The Hall–Kier alpha value is -2.14. The van der Waals surface area contributed by atoms with Gasteiger partial charge in [-0.15, -0.1) is 0 Å². The van der Waals surface area contributed by atoms with E-state index in [1.807, 2.05) is 30.0 Å². The van der Waals surface area contributed by atoms with Gasteiger partial charge in [0, 0.05) is 38.4 Å². The minimum Gasteiger partial charge on any atom is -0.356 e. The number of hydrogen-bond donors (Lipinski definition) is 0. The van der Waals surface area contributed by atoms with Crippen LogP contribution in [0.1, 0.15) is 24.2 Å². The number of nitrogens with zero attached hydrogens (tertiary/aromatic N) is 3. The Labute approximate surface area is 157 Å². The smallest absolute Gasteiger partial charge is 0.219 e. The molecule has 2 saturated heterocycles. The van der Waals surface area contributed by atoms with Gasteiger partial charge in [0.05, 0.1) is 16.8 Å². The molecule has 2 aromatic rings. The van der Waals surface area contributed by atoms with Crippen LogP contribution in [-0.2, 0) is 4.79 Å². The molecule has 0 N–H and O–H groups in total. The summed E-state index contributed by atoms with van der Waals surface area (Å²) < 4.78 is 13.8. The summed E-state index contributed by atoms with van der Waals surface area (Å²) in [4.78, 5) is 20.9. The van der Waals surface area contributed by atoms with Crippen molar-refractivity contribution in [2.45, 2.75) is 19.9 Å². The van der Waals surface area contributed by atoms with Crippen molar-refractivity contribution in [3.05, 3.63) is 58.5 Å². The zero-order chi connectivity index (χ0) is 18.4. The van der Waals surface area contributed by atoms with E-state index in [4.69, 9.17) is 11.6 Å². The van der Waals surface area contributed by atoms with E-state index in [0.717, 1.165) is 30.2 Å². The van der Waals surface area contributed by atoms with Crippen LogP contribution in [-0.4, -0.2) is 35.4 Å². The molecule has 3 atom stereocenters. The average Bonchev–Trinajstić information content (AvgIpc) is 3.15. The molecule has 0 radical (unpaired) electrons. The first-order valence-corrected chi connectivity index (χ1v) is 9.22. The maximum absolute atomic E-state index is 13.8. The number of anilines is 1. The Kier molecular flexibility index (Phi) is 4.35. The van der Waals surface area contributed by atoms with Crippen LogP contribution >= 0.6 is 11.6 Å². The molecule has 2 aliphatic rings. The van der Waals surface area contributed by atoms with Gasteiger partial charge in [-0.2, -0.15) is 0 Å². The van der Waals surface area contributed by atoms with Crippen molar-refractivity contribution in [2.75, 3.05) is 24.5 Å². The zero-order valence-corrected chi connectivity index (χ0v) is 15.6. The predicted octanol–water partition coefficient (Wildman–Crippen LogP) is 3.84. The minimum atomic E-state index is -0.265. The third-order valence-electron chi connectivity index (χ3n) is 5.59. The van der Waals surface area contributed by atoms with E-state index in [0.29, 0.717) is 17.5 Å². The molecule has 1 amide bonds. The number of halogens is 2. The van der Waals surface area contributed by atoms with Crippen LogP contribution < -0.4 is 4.90 Å². The van der Waals surface area contributed by atoms with Crippen molar-refractivity contribution in [2.24, 2.45) is 11.8 Å². The lowest BCUT2D eigenvalue weighted by atomic mass is 9.89. The van der Waals surface area contributed by atoms with E-state index in [9.17, 15) is 9.18 Å². The maximum atomic E-state index is 13.8. The predicted molar refractivity (Wildman–Crippen MR) is 99.7 cm³/mol. The molecule has 26 heavy (non-hydrogen) atoms. The highest BCUT2D eigenvalue weighted by atomic mass is 35.5. The number of benzene rings is 1. The van der Waals surface area contributed by atoms with Crippen LogP contribution in [0.2, 0.25) is 5.02 Å². The summed E-state index contributed by atoms with van der Waals surface area (Å²) in [6.45, 7) is 5.83. The number of pyridine rings is 1. The van der Waals surface area contributed by atoms with Crippen LogP contribution in [0.15, 0.2) is 36.4 Å². The molecule has 3 heterocycles. The fraction of sp³-hybridized carbons (Fsp3) is 0.400. The second kappa shape index (κ2) is 6.54. The first kappa shape index (κ1) is 17.3. The van der Waals surface area contributed by atoms with Crippen molar-refractivity contribution in [1.29, 1.82) is 0 Å². The van der Waals surface area contributed by atoms with Gasteiger partial charge < -0.3 is 9.80 Å². The summed E-state index contributed by atoms with van der Waals surface area (Å²) in [6, 6.07) is 10.3. The minimum absolute atomic E-state index is 0.0423. The van der Waals surface area contributed by atoms with E-state index in [1.165, 1.54) is 6.07 Å². The number of likely N-dealkylation sites (tertiary alicyclic amines) is 1. The monoisotopic (exact) mass is 373 g/mol. The van der Waals surface area contributed by atoms with Crippen LogP contribution in [0.3, 0.4) is 0 Å². The average molecular weight is 374 g/mol. The number of fused-ring (bicyclic) bond motifs is 1. The Bertz CT molecular complexity index is 859. The topological polar surface area (TPSA) is 36.4 Å². The third-order valence-corrected chi connectivity index (χ3v) is 5.99.